The molecule has 2 unspecified atom stereocenters. The number of nitrogens with one attached hydrogen (secondary N) is 1. The first-order chi connectivity index (χ1) is 6.26. The van der Waals surface area contributed by atoms with Gasteiger partial charge in [-0.25, -0.2) is 0 Å². The number of nitrogens with zero attached hydrogens (tertiary/aromatic N) is 1. The normalized spacial score (nSPS) is 26.5. The van der Waals surface area contributed by atoms with Crippen LogP contribution in [0, 0.1) is 0 Å². The number of rotatable bonds is 5. The van der Waals surface area contributed by atoms with Gasteiger partial charge in [0, 0.05) is 19.1 Å². The van der Waals surface area contributed by atoms with E-state index in [1.807, 2.05) is 7.05 Å². The van der Waals surface area contributed by atoms with Crippen LogP contribution < -0.4 is 5.32 Å². The van der Waals surface area contributed by atoms with Crippen LogP contribution in [0.1, 0.15) is 26.2 Å². The lowest BCUT2D eigenvalue weighted by atomic mass is 10.1. The molecular formula is C10H22N2O. The molecule has 2 N–H and O–H groups in total. The van der Waals surface area contributed by atoms with Crippen LogP contribution >= 0.6 is 0 Å². The van der Waals surface area contributed by atoms with Crippen molar-refractivity contribution in [1.82, 2.24) is 10.2 Å². The number of hydrogen-bond donors (Lipinski definition) is 2. The van der Waals surface area contributed by atoms with Crippen molar-refractivity contribution in [3.05, 3.63) is 0 Å². The van der Waals surface area contributed by atoms with Crippen molar-refractivity contribution < 1.29 is 5.11 Å². The lowest BCUT2D eigenvalue weighted by Crippen LogP contribution is -2.31. The minimum atomic E-state index is -0.0744. The zero-order valence-electron chi connectivity index (χ0n) is 8.79. The highest BCUT2D eigenvalue weighted by Crippen LogP contribution is 2.10. The fourth-order valence-corrected chi connectivity index (χ4v) is 1.91. The van der Waals surface area contributed by atoms with Crippen LogP contribution in [-0.4, -0.2) is 48.8 Å². The van der Waals surface area contributed by atoms with Crippen molar-refractivity contribution in [3.63, 3.8) is 0 Å². The van der Waals surface area contributed by atoms with Crippen molar-refractivity contribution in [1.29, 1.82) is 0 Å². The molecule has 0 aromatic carbocycles. The van der Waals surface area contributed by atoms with Crippen LogP contribution in [0.5, 0.6) is 0 Å². The smallest absolute Gasteiger partial charge is 0.0679 e. The molecule has 1 rings (SSSR count). The van der Waals surface area contributed by atoms with E-state index in [-0.39, 0.29) is 6.10 Å². The summed E-state index contributed by atoms with van der Waals surface area (Å²) in [6.07, 6.45) is 3.26. The molecule has 0 aromatic rings. The SMILES string of the molecule is CCC(CCN1CCC(O)C1)NC. The van der Waals surface area contributed by atoms with Crippen LogP contribution in [0.4, 0.5) is 0 Å². The number of β-amino-alcohol motifs (C(OH)–C–C–N with tert-alkyl or cyclic N) is 1. The third kappa shape index (κ3) is 3.63. The summed E-state index contributed by atoms with van der Waals surface area (Å²) in [7, 11) is 2.02. The van der Waals surface area contributed by atoms with E-state index in [0.29, 0.717) is 6.04 Å². The second-order valence-electron chi connectivity index (χ2n) is 3.93. The molecule has 0 aliphatic carbocycles. The highest BCUT2D eigenvalue weighted by atomic mass is 16.3. The van der Waals surface area contributed by atoms with Gasteiger partial charge in [0.05, 0.1) is 6.10 Å². The van der Waals surface area contributed by atoms with E-state index < -0.39 is 0 Å². The zero-order valence-corrected chi connectivity index (χ0v) is 8.79. The zero-order chi connectivity index (χ0) is 9.68. The van der Waals surface area contributed by atoms with Crippen molar-refractivity contribution >= 4 is 0 Å². The molecule has 13 heavy (non-hydrogen) atoms. The summed E-state index contributed by atoms with van der Waals surface area (Å²) >= 11 is 0. The third-order valence-corrected chi connectivity index (χ3v) is 2.94. The van der Waals surface area contributed by atoms with Crippen molar-refractivity contribution in [3.8, 4) is 0 Å². The summed E-state index contributed by atoms with van der Waals surface area (Å²) in [5.74, 6) is 0. The van der Waals surface area contributed by atoms with Crippen molar-refractivity contribution in [2.75, 3.05) is 26.7 Å². The van der Waals surface area contributed by atoms with Gasteiger partial charge < -0.3 is 15.3 Å². The maximum Gasteiger partial charge on any atom is 0.0679 e. The third-order valence-electron chi connectivity index (χ3n) is 2.94. The van der Waals surface area contributed by atoms with E-state index in [4.69, 9.17) is 0 Å². The summed E-state index contributed by atoms with van der Waals surface area (Å²) < 4.78 is 0. The fraction of sp³-hybridized carbons (Fsp3) is 1.00. The predicted molar refractivity (Wildman–Crippen MR) is 54.8 cm³/mol. The fourth-order valence-electron chi connectivity index (χ4n) is 1.91. The molecule has 1 fully saturated rings. The lowest BCUT2D eigenvalue weighted by molar-refractivity contribution is 0.174. The van der Waals surface area contributed by atoms with Crippen LogP contribution in [0.15, 0.2) is 0 Å². The summed E-state index contributed by atoms with van der Waals surface area (Å²) in [4.78, 5) is 2.35. The van der Waals surface area contributed by atoms with Crippen molar-refractivity contribution in [2.24, 2.45) is 0 Å². The maximum absolute atomic E-state index is 9.32. The van der Waals surface area contributed by atoms with Gasteiger partial charge in [0.25, 0.3) is 0 Å². The first-order valence-corrected chi connectivity index (χ1v) is 5.34. The minimum Gasteiger partial charge on any atom is -0.392 e. The molecule has 1 aliphatic heterocycles. The maximum atomic E-state index is 9.32. The average molecular weight is 186 g/mol. The Labute approximate surface area is 81.1 Å². The Morgan fingerprint density at radius 1 is 1.62 bits per heavy atom. The molecule has 0 radical (unpaired) electrons. The predicted octanol–water partition coefficient (Wildman–Crippen LogP) is 0.441. The number of aliphatic hydroxyl groups excluding tert-OH is 1. The summed E-state index contributed by atoms with van der Waals surface area (Å²) in [6, 6.07) is 0.637. The van der Waals surface area contributed by atoms with Gasteiger partial charge in [-0.1, -0.05) is 6.92 Å². The van der Waals surface area contributed by atoms with Gasteiger partial charge >= 0.3 is 0 Å². The molecule has 78 valence electrons. The van der Waals surface area contributed by atoms with Gasteiger partial charge in [-0.05, 0) is 32.9 Å². The first-order valence-electron chi connectivity index (χ1n) is 5.34. The molecule has 0 aromatic heterocycles. The Balaban J connectivity index is 2.11. The van der Waals surface area contributed by atoms with Gasteiger partial charge in [-0.15, -0.1) is 0 Å². The first kappa shape index (κ1) is 11.0. The Bertz CT molecular complexity index is 137. The van der Waals surface area contributed by atoms with Gasteiger partial charge in [0.2, 0.25) is 0 Å². The topological polar surface area (TPSA) is 35.5 Å². The summed E-state index contributed by atoms with van der Waals surface area (Å²) in [5, 5.41) is 12.6. The number of likely N-dealkylation sites (tertiary alicyclic amines) is 1. The van der Waals surface area contributed by atoms with Crippen LogP contribution in [0.2, 0.25) is 0 Å². The molecule has 1 aliphatic rings. The van der Waals surface area contributed by atoms with Gasteiger partial charge in [0.1, 0.15) is 0 Å². The standard InChI is InChI=1S/C10H22N2O/c1-3-9(11-2)4-6-12-7-5-10(13)8-12/h9-11,13H,3-8H2,1-2H3. The van der Waals surface area contributed by atoms with E-state index >= 15 is 0 Å². The van der Waals surface area contributed by atoms with E-state index in [1.165, 1.54) is 12.8 Å². The number of aliphatic hydroxyl groups is 1. The van der Waals surface area contributed by atoms with Crippen LogP contribution in [0.25, 0.3) is 0 Å². The van der Waals surface area contributed by atoms with Crippen LogP contribution in [0.3, 0.4) is 0 Å². The molecule has 0 spiro atoms. The molecule has 3 heteroatoms. The largest absolute Gasteiger partial charge is 0.392 e. The molecule has 2 atom stereocenters. The Morgan fingerprint density at radius 2 is 2.38 bits per heavy atom. The summed E-state index contributed by atoms with van der Waals surface area (Å²) in [5.41, 5.74) is 0. The summed E-state index contributed by atoms with van der Waals surface area (Å²) in [6.45, 7) is 5.28. The van der Waals surface area contributed by atoms with Gasteiger partial charge in [-0.2, -0.15) is 0 Å². The van der Waals surface area contributed by atoms with E-state index in [9.17, 15) is 5.11 Å². The average Bonchev–Trinajstić information content (AvgIpc) is 2.53. The van der Waals surface area contributed by atoms with Gasteiger partial charge in [-0.3, -0.25) is 0 Å². The highest BCUT2D eigenvalue weighted by molar-refractivity contribution is 4.75. The second kappa shape index (κ2) is 5.58. The van der Waals surface area contributed by atoms with E-state index in [2.05, 4.69) is 17.1 Å². The Morgan fingerprint density at radius 3 is 2.85 bits per heavy atom. The van der Waals surface area contributed by atoms with Crippen LogP contribution in [-0.2, 0) is 0 Å². The molecule has 0 bridgehead atoms. The molecule has 0 amide bonds. The molecule has 3 nitrogen and oxygen atoms in total. The monoisotopic (exact) mass is 186 g/mol. The Kier molecular flexibility index (Phi) is 4.70. The quantitative estimate of drug-likeness (QED) is 0.654. The van der Waals surface area contributed by atoms with E-state index in [0.717, 1.165) is 26.1 Å². The Hall–Kier alpha value is -0.120. The minimum absolute atomic E-state index is 0.0744. The van der Waals surface area contributed by atoms with Gasteiger partial charge in [0.15, 0.2) is 0 Å². The molecule has 1 saturated heterocycles. The van der Waals surface area contributed by atoms with E-state index in [1.54, 1.807) is 0 Å². The highest BCUT2D eigenvalue weighted by Gasteiger charge is 2.19. The molecular weight excluding hydrogens is 164 g/mol. The molecule has 0 saturated carbocycles. The van der Waals surface area contributed by atoms with Crippen molar-refractivity contribution in [2.45, 2.75) is 38.3 Å². The molecule has 1 heterocycles. The number of hydrogen-bond acceptors (Lipinski definition) is 3. The lowest BCUT2D eigenvalue weighted by Gasteiger charge is -2.19. The second-order valence-corrected chi connectivity index (χ2v) is 3.93.